The maximum Gasteiger partial charge on any atom is 0.272 e. The van der Waals surface area contributed by atoms with Gasteiger partial charge in [0, 0.05) is 36.6 Å². The lowest BCUT2D eigenvalue weighted by molar-refractivity contribution is 0.0730. The van der Waals surface area contributed by atoms with Crippen LogP contribution < -0.4 is 5.32 Å². The van der Waals surface area contributed by atoms with Crippen LogP contribution in [-0.4, -0.2) is 42.0 Å². The van der Waals surface area contributed by atoms with E-state index in [9.17, 15) is 4.79 Å². The van der Waals surface area contributed by atoms with Gasteiger partial charge in [0.2, 0.25) is 0 Å². The monoisotopic (exact) mass is 311 g/mol. The molecule has 2 heterocycles. The van der Waals surface area contributed by atoms with E-state index in [0.29, 0.717) is 10.7 Å². The number of halogens is 2. The van der Waals surface area contributed by atoms with E-state index in [2.05, 4.69) is 10.3 Å². The summed E-state index contributed by atoms with van der Waals surface area (Å²) in [6.07, 6.45) is 0. The van der Waals surface area contributed by atoms with Crippen LogP contribution in [0.2, 0.25) is 5.02 Å². The fourth-order valence-corrected chi connectivity index (χ4v) is 2.41. The van der Waals surface area contributed by atoms with Crippen molar-refractivity contribution in [3.8, 4) is 0 Å². The van der Waals surface area contributed by atoms with Crippen LogP contribution in [0.4, 0.5) is 0 Å². The fourth-order valence-electron chi connectivity index (χ4n) is 2.24. The number of piperazine rings is 1. The minimum absolute atomic E-state index is 0. The molecule has 1 aromatic carbocycles. The van der Waals surface area contributed by atoms with Crippen LogP contribution in [0.15, 0.2) is 30.3 Å². The van der Waals surface area contributed by atoms with Crippen LogP contribution in [0.1, 0.15) is 10.5 Å². The summed E-state index contributed by atoms with van der Waals surface area (Å²) in [4.78, 5) is 18.6. The fraction of sp³-hybridized carbons (Fsp3) is 0.286. The van der Waals surface area contributed by atoms with Crippen molar-refractivity contribution in [2.75, 3.05) is 26.2 Å². The maximum atomic E-state index is 12.3. The third-order valence-electron chi connectivity index (χ3n) is 3.28. The zero-order chi connectivity index (χ0) is 13.2. The molecule has 0 saturated carbocycles. The van der Waals surface area contributed by atoms with Gasteiger partial charge >= 0.3 is 0 Å². The van der Waals surface area contributed by atoms with Gasteiger partial charge in [0.15, 0.2) is 0 Å². The molecule has 1 saturated heterocycles. The third-order valence-corrected chi connectivity index (χ3v) is 3.51. The number of fused-ring (bicyclic) bond motifs is 1. The lowest BCUT2D eigenvalue weighted by Crippen LogP contribution is -2.46. The molecule has 1 N–H and O–H groups in total. The molecular weight excluding hydrogens is 297 g/mol. The van der Waals surface area contributed by atoms with Gasteiger partial charge in [0.25, 0.3) is 5.91 Å². The smallest absolute Gasteiger partial charge is 0.272 e. The molecule has 4 nitrogen and oxygen atoms in total. The van der Waals surface area contributed by atoms with Gasteiger partial charge in [-0.15, -0.1) is 12.4 Å². The number of hydrogen-bond donors (Lipinski definition) is 1. The van der Waals surface area contributed by atoms with Crippen molar-refractivity contribution in [2.45, 2.75) is 0 Å². The first kappa shape index (κ1) is 15.0. The molecule has 6 heteroatoms. The number of nitrogens with zero attached hydrogens (tertiary/aromatic N) is 2. The molecule has 0 unspecified atom stereocenters. The molecule has 20 heavy (non-hydrogen) atoms. The number of pyridine rings is 1. The SMILES string of the molecule is Cl.O=C(c1ccc2ccc(Cl)cc2n1)N1CCNCC1. The van der Waals surface area contributed by atoms with E-state index in [-0.39, 0.29) is 18.3 Å². The van der Waals surface area contributed by atoms with E-state index < -0.39 is 0 Å². The minimum Gasteiger partial charge on any atom is -0.335 e. The van der Waals surface area contributed by atoms with E-state index >= 15 is 0 Å². The zero-order valence-corrected chi connectivity index (χ0v) is 12.4. The average Bonchev–Trinajstić information content (AvgIpc) is 2.46. The van der Waals surface area contributed by atoms with Crippen molar-refractivity contribution in [3.05, 3.63) is 41.0 Å². The van der Waals surface area contributed by atoms with Crippen LogP contribution in [-0.2, 0) is 0 Å². The van der Waals surface area contributed by atoms with Crippen molar-refractivity contribution in [1.29, 1.82) is 0 Å². The van der Waals surface area contributed by atoms with Gasteiger partial charge in [-0.1, -0.05) is 23.7 Å². The molecular formula is C14H15Cl2N3O. The number of aromatic nitrogens is 1. The van der Waals surface area contributed by atoms with E-state index in [1.54, 1.807) is 12.1 Å². The van der Waals surface area contributed by atoms with E-state index in [0.717, 1.165) is 37.1 Å². The second-order valence-corrected chi connectivity index (χ2v) is 5.01. The van der Waals surface area contributed by atoms with E-state index in [1.807, 2.05) is 23.1 Å². The third kappa shape index (κ3) is 3.03. The number of nitrogens with one attached hydrogen (secondary N) is 1. The molecule has 0 aliphatic carbocycles. The summed E-state index contributed by atoms with van der Waals surface area (Å²) in [7, 11) is 0. The summed E-state index contributed by atoms with van der Waals surface area (Å²) in [6.45, 7) is 3.14. The van der Waals surface area contributed by atoms with Gasteiger partial charge in [0.1, 0.15) is 5.69 Å². The Morgan fingerprint density at radius 1 is 1.20 bits per heavy atom. The first-order chi connectivity index (χ1) is 9.24. The van der Waals surface area contributed by atoms with Crippen molar-refractivity contribution in [3.63, 3.8) is 0 Å². The number of carbonyl (C=O) groups is 1. The normalized spacial score (nSPS) is 14.9. The predicted molar refractivity (Wildman–Crippen MR) is 82.8 cm³/mol. The van der Waals surface area contributed by atoms with Gasteiger partial charge in [-0.2, -0.15) is 0 Å². The van der Waals surface area contributed by atoms with Crippen LogP contribution in [0, 0.1) is 0 Å². The molecule has 106 valence electrons. The molecule has 2 aromatic rings. The van der Waals surface area contributed by atoms with Gasteiger partial charge in [-0.25, -0.2) is 4.98 Å². The average molecular weight is 312 g/mol. The van der Waals surface area contributed by atoms with Crippen molar-refractivity contribution < 1.29 is 4.79 Å². The summed E-state index contributed by atoms with van der Waals surface area (Å²) < 4.78 is 0. The Bertz CT molecular complexity index is 627. The quantitative estimate of drug-likeness (QED) is 0.879. The summed E-state index contributed by atoms with van der Waals surface area (Å²) in [6, 6.07) is 9.20. The summed E-state index contributed by atoms with van der Waals surface area (Å²) in [5.74, 6) is -0.0108. The highest BCUT2D eigenvalue weighted by atomic mass is 35.5. The van der Waals surface area contributed by atoms with Gasteiger partial charge in [0.05, 0.1) is 5.52 Å². The summed E-state index contributed by atoms with van der Waals surface area (Å²) in [5, 5.41) is 4.84. The van der Waals surface area contributed by atoms with E-state index in [4.69, 9.17) is 11.6 Å². The van der Waals surface area contributed by atoms with Crippen molar-refractivity contribution in [2.24, 2.45) is 0 Å². The number of benzene rings is 1. The molecule has 1 amide bonds. The first-order valence-electron chi connectivity index (χ1n) is 6.30. The van der Waals surface area contributed by atoms with Crippen molar-refractivity contribution >= 4 is 40.8 Å². The van der Waals surface area contributed by atoms with Crippen LogP contribution in [0.25, 0.3) is 10.9 Å². The topological polar surface area (TPSA) is 45.2 Å². The van der Waals surface area contributed by atoms with Crippen molar-refractivity contribution in [1.82, 2.24) is 15.2 Å². The molecule has 1 aromatic heterocycles. The van der Waals surface area contributed by atoms with Crippen LogP contribution >= 0.6 is 24.0 Å². The molecule has 0 bridgehead atoms. The standard InChI is InChI=1S/C14H14ClN3O.ClH/c15-11-3-1-10-2-4-12(17-13(10)9-11)14(19)18-7-5-16-6-8-18;/h1-4,9,16H,5-8H2;1H. The zero-order valence-electron chi connectivity index (χ0n) is 10.8. The molecule has 1 aliphatic heterocycles. The van der Waals surface area contributed by atoms with E-state index in [1.165, 1.54) is 0 Å². The second-order valence-electron chi connectivity index (χ2n) is 4.58. The molecule has 1 aliphatic rings. The lowest BCUT2D eigenvalue weighted by atomic mass is 10.2. The Morgan fingerprint density at radius 2 is 1.90 bits per heavy atom. The molecule has 0 atom stereocenters. The Kier molecular flexibility index (Phi) is 4.81. The highest BCUT2D eigenvalue weighted by Gasteiger charge is 2.19. The molecule has 1 fully saturated rings. The second kappa shape index (κ2) is 6.39. The first-order valence-corrected chi connectivity index (χ1v) is 6.68. The highest BCUT2D eigenvalue weighted by molar-refractivity contribution is 6.31. The Balaban J connectivity index is 0.00000147. The predicted octanol–water partition coefficient (Wildman–Crippen LogP) is 2.36. The largest absolute Gasteiger partial charge is 0.335 e. The van der Waals surface area contributed by atoms with Gasteiger partial charge < -0.3 is 10.2 Å². The molecule has 3 rings (SSSR count). The summed E-state index contributed by atoms with van der Waals surface area (Å²) in [5.41, 5.74) is 1.24. The molecule has 0 spiro atoms. The van der Waals surface area contributed by atoms with Gasteiger partial charge in [-0.3, -0.25) is 4.79 Å². The number of hydrogen-bond acceptors (Lipinski definition) is 3. The minimum atomic E-state index is -0.0108. The number of amides is 1. The molecule has 0 radical (unpaired) electrons. The van der Waals surface area contributed by atoms with Crippen LogP contribution in [0.5, 0.6) is 0 Å². The maximum absolute atomic E-state index is 12.3. The lowest BCUT2D eigenvalue weighted by Gasteiger charge is -2.27. The Morgan fingerprint density at radius 3 is 2.65 bits per heavy atom. The summed E-state index contributed by atoms with van der Waals surface area (Å²) >= 11 is 5.96. The van der Waals surface area contributed by atoms with Crippen LogP contribution in [0.3, 0.4) is 0 Å². The van der Waals surface area contributed by atoms with Gasteiger partial charge in [-0.05, 0) is 18.2 Å². The number of carbonyl (C=O) groups excluding carboxylic acids is 1. The Labute approximate surface area is 128 Å². The highest BCUT2D eigenvalue weighted by Crippen LogP contribution is 2.18. The Hall–Kier alpha value is -1.36. The number of rotatable bonds is 1.